The van der Waals surface area contributed by atoms with Gasteiger partial charge in [-0.25, -0.2) is 4.68 Å². The van der Waals surface area contributed by atoms with Crippen molar-refractivity contribution in [2.45, 2.75) is 13.8 Å². The predicted molar refractivity (Wildman–Crippen MR) is 83.0 cm³/mol. The first-order valence-corrected chi connectivity index (χ1v) is 6.86. The van der Waals surface area contributed by atoms with Gasteiger partial charge in [-0.1, -0.05) is 12.1 Å². The van der Waals surface area contributed by atoms with Gasteiger partial charge in [0.05, 0.1) is 5.69 Å². The molecule has 1 aromatic heterocycles. The summed E-state index contributed by atoms with van der Waals surface area (Å²) in [7, 11) is 0. The van der Waals surface area contributed by atoms with Crippen LogP contribution in [0.5, 0.6) is 0 Å². The maximum Gasteiger partial charge on any atom is 0.255 e. The van der Waals surface area contributed by atoms with Crippen LogP contribution in [0.25, 0.3) is 5.69 Å². The van der Waals surface area contributed by atoms with E-state index in [-0.39, 0.29) is 5.91 Å². The summed E-state index contributed by atoms with van der Waals surface area (Å²) in [4.78, 5) is 12.4. The van der Waals surface area contributed by atoms with Gasteiger partial charge in [0.1, 0.15) is 6.33 Å². The van der Waals surface area contributed by atoms with Crippen LogP contribution in [0.1, 0.15) is 21.5 Å². The normalized spacial score (nSPS) is 10.5. The Balaban J connectivity index is 1.78. The minimum atomic E-state index is -0.114. The molecular weight excluding hydrogens is 278 g/mol. The molecule has 6 nitrogen and oxygen atoms in total. The van der Waals surface area contributed by atoms with Crippen molar-refractivity contribution in [3.8, 4) is 5.69 Å². The third-order valence-corrected chi connectivity index (χ3v) is 3.59. The number of tetrazole rings is 1. The predicted octanol–water partition coefficient (Wildman–Crippen LogP) is 2.53. The van der Waals surface area contributed by atoms with E-state index < -0.39 is 0 Å². The van der Waals surface area contributed by atoms with Gasteiger partial charge in [-0.15, -0.1) is 5.10 Å². The van der Waals surface area contributed by atoms with E-state index >= 15 is 0 Å². The number of anilines is 1. The van der Waals surface area contributed by atoms with Gasteiger partial charge in [-0.05, 0) is 65.7 Å². The number of carbonyl (C=O) groups excluding carboxylic acids is 1. The van der Waals surface area contributed by atoms with Crippen LogP contribution in [0.3, 0.4) is 0 Å². The van der Waals surface area contributed by atoms with Gasteiger partial charge in [0.2, 0.25) is 0 Å². The van der Waals surface area contributed by atoms with Gasteiger partial charge < -0.3 is 5.32 Å². The first-order valence-electron chi connectivity index (χ1n) is 6.86. The Bertz CT molecular complexity index is 794. The topological polar surface area (TPSA) is 72.7 Å². The molecule has 0 aliphatic heterocycles. The van der Waals surface area contributed by atoms with Crippen molar-refractivity contribution in [2.24, 2.45) is 0 Å². The van der Waals surface area contributed by atoms with Crippen LogP contribution in [0.4, 0.5) is 5.69 Å². The summed E-state index contributed by atoms with van der Waals surface area (Å²) in [6.45, 7) is 3.94. The Morgan fingerprint density at radius 2 is 1.86 bits per heavy atom. The molecule has 0 bridgehead atoms. The Morgan fingerprint density at radius 3 is 2.55 bits per heavy atom. The third-order valence-electron chi connectivity index (χ3n) is 3.59. The molecule has 3 aromatic rings. The highest BCUT2D eigenvalue weighted by Crippen LogP contribution is 2.16. The fourth-order valence-corrected chi connectivity index (χ4v) is 2.17. The molecule has 0 saturated heterocycles. The molecule has 3 rings (SSSR count). The Hall–Kier alpha value is -3.02. The third kappa shape index (κ3) is 2.71. The van der Waals surface area contributed by atoms with Crippen LogP contribution in [0.15, 0.2) is 48.8 Å². The number of aryl methyl sites for hydroxylation is 1. The molecule has 22 heavy (non-hydrogen) atoms. The summed E-state index contributed by atoms with van der Waals surface area (Å²) < 4.78 is 1.55. The maximum absolute atomic E-state index is 12.4. The SMILES string of the molecule is Cc1cccc(C(=O)Nc2ccc(-n3cnnn3)cc2)c1C. The number of hydrogen-bond donors (Lipinski definition) is 1. The van der Waals surface area contributed by atoms with E-state index in [0.717, 1.165) is 22.5 Å². The minimum Gasteiger partial charge on any atom is -0.322 e. The smallest absolute Gasteiger partial charge is 0.255 e. The number of nitrogens with zero attached hydrogens (tertiary/aromatic N) is 4. The molecular formula is C16H15N5O. The highest BCUT2D eigenvalue weighted by atomic mass is 16.1. The maximum atomic E-state index is 12.4. The van der Waals surface area contributed by atoms with Gasteiger partial charge in [-0.2, -0.15) is 0 Å². The number of rotatable bonds is 3. The number of amides is 1. The number of nitrogens with one attached hydrogen (secondary N) is 1. The van der Waals surface area contributed by atoms with E-state index in [4.69, 9.17) is 0 Å². The molecule has 6 heteroatoms. The lowest BCUT2D eigenvalue weighted by Gasteiger charge is -2.10. The molecule has 1 N–H and O–H groups in total. The van der Waals surface area contributed by atoms with Crippen LogP contribution in [-0.2, 0) is 0 Å². The minimum absolute atomic E-state index is 0.114. The first-order chi connectivity index (χ1) is 10.6. The summed E-state index contributed by atoms with van der Waals surface area (Å²) in [5.74, 6) is -0.114. The monoisotopic (exact) mass is 293 g/mol. The fourth-order valence-electron chi connectivity index (χ4n) is 2.17. The van der Waals surface area contributed by atoms with Crippen molar-refractivity contribution in [2.75, 3.05) is 5.32 Å². The van der Waals surface area contributed by atoms with E-state index in [1.807, 2.05) is 56.3 Å². The highest BCUT2D eigenvalue weighted by Gasteiger charge is 2.10. The summed E-state index contributed by atoms with van der Waals surface area (Å²) in [5.41, 5.74) is 4.33. The number of aromatic nitrogens is 4. The van der Waals surface area contributed by atoms with E-state index in [9.17, 15) is 4.79 Å². The molecule has 1 amide bonds. The van der Waals surface area contributed by atoms with Crippen molar-refractivity contribution in [1.82, 2.24) is 20.2 Å². The molecule has 0 aliphatic rings. The number of benzene rings is 2. The van der Waals surface area contributed by atoms with Crippen molar-refractivity contribution in [3.63, 3.8) is 0 Å². The largest absolute Gasteiger partial charge is 0.322 e. The second-order valence-corrected chi connectivity index (χ2v) is 5.00. The van der Waals surface area contributed by atoms with Crippen molar-refractivity contribution < 1.29 is 4.79 Å². The standard InChI is InChI=1S/C16H15N5O/c1-11-4-3-5-15(12(11)2)16(22)18-13-6-8-14(9-7-13)21-10-17-19-20-21/h3-10H,1-2H3,(H,18,22). The van der Waals surface area contributed by atoms with Crippen molar-refractivity contribution in [1.29, 1.82) is 0 Å². The molecule has 110 valence electrons. The summed E-state index contributed by atoms with van der Waals surface area (Å²) in [6, 6.07) is 13.0. The van der Waals surface area contributed by atoms with Crippen molar-refractivity contribution in [3.05, 3.63) is 65.5 Å². The van der Waals surface area contributed by atoms with Crippen LogP contribution in [0, 0.1) is 13.8 Å². The average molecular weight is 293 g/mol. The Morgan fingerprint density at radius 1 is 1.09 bits per heavy atom. The lowest BCUT2D eigenvalue weighted by Crippen LogP contribution is -2.13. The molecule has 0 radical (unpaired) electrons. The van der Waals surface area contributed by atoms with Gasteiger partial charge in [0.25, 0.3) is 5.91 Å². The number of carbonyl (C=O) groups is 1. The molecule has 0 unspecified atom stereocenters. The van der Waals surface area contributed by atoms with Crippen molar-refractivity contribution >= 4 is 11.6 Å². The van der Waals surface area contributed by atoms with Crippen LogP contribution in [-0.4, -0.2) is 26.1 Å². The summed E-state index contributed by atoms with van der Waals surface area (Å²) in [5, 5.41) is 13.9. The Kier molecular flexibility index (Phi) is 3.65. The van der Waals surface area contributed by atoms with Crippen LogP contribution in [0.2, 0.25) is 0 Å². The molecule has 0 saturated carbocycles. The van der Waals surface area contributed by atoms with E-state index in [2.05, 4.69) is 20.8 Å². The second kappa shape index (κ2) is 5.77. The molecule has 0 fully saturated rings. The molecule has 0 spiro atoms. The molecule has 1 heterocycles. The lowest BCUT2D eigenvalue weighted by molar-refractivity contribution is 0.102. The average Bonchev–Trinajstić information content (AvgIpc) is 3.05. The van der Waals surface area contributed by atoms with Crippen LogP contribution < -0.4 is 5.32 Å². The zero-order valence-electron chi connectivity index (χ0n) is 12.3. The van der Waals surface area contributed by atoms with E-state index in [1.165, 1.54) is 6.33 Å². The van der Waals surface area contributed by atoms with Crippen LogP contribution >= 0.6 is 0 Å². The number of hydrogen-bond acceptors (Lipinski definition) is 4. The van der Waals surface area contributed by atoms with E-state index in [1.54, 1.807) is 4.68 Å². The van der Waals surface area contributed by atoms with Gasteiger partial charge in [-0.3, -0.25) is 4.79 Å². The molecule has 0 aliphatic carbocycles. The Labute approximate surface area is 127 Å². The van der Waals surface area contributed by atoms with Gasteiger partial charge in [0, 0.05) is 11.3 Å². The highest BCUT2D eigenvalue weighted by molar-refractivity contribution is 6.05. The van der Waals surface area contributed by atoms with Gasteiger partial charge >= 0.3 is 0 Å². The molecule has 0 atom stereocenters. The quantitative estimate of drug-likeness (QED) is 0.805. The summed E-state index contributed by atoms with van der Waals surface area (Å²) >= 11 is 0. The molecule has 2 aromatic carbocycles. The van der Waals surface area contributed by atoms with E-state index in [0.29, 0.717) is 5.56 Å². The zero-order valence-corrected chi connectivity index (χ0v) is 12.3. The fraction of sp³-hybridized carbons (Fsp3) is 0.125. The zero-order chi connectivity index (χ0) is 15.5. The van der Waals surface area contributed by atoms with Gasteiger partial charge in [0.15, 0.2) is 0 Å². The first kappa shape index (κ1) is 13.9. The lowest BCUT2D eigenvalue weighted by atomic mass is 10.0. The summed E-state index contributed by atoms with van der Waals surface area (Å²) in [6.07, 6.45) is 1.52. The second-order valence-electron chi connectivity index (χ2n) is 5.00.